The molecular weight excluding hydrogens is 280 g/mol. The van der Waals surface area contributed by atoms with Crippen molar-refractivity contribution in [2.75, 3.05) is 0 Å². The molecule has 1 aliphatic rings. The number of carbonyl (C=O) groups is 2. The highest BCUT2D eigenvalue weighted by atomic mass is 28.4. The van der Waals surface area contributed by atoms with E-state index in [4.69, 9.17) is 4.43 Å². The van der Waals surface area contributed by atoms with Crippen LogP contribution in [0.5, 0.6) is 0 Å². The molecule has 122 valence electrons. The minimum atomic E-state index is -1.90. The lowest BCUT2D eigenvalue weighted by Crippen LogP contribution is -2.48. The number of hydrogen-bond acceptors (Lipinski definition) is 3. The lowest BCUT2D eigenvalue weighted by Gasteiger charge is -2.42. The van der Waals surface area contributed by atoms with Gasteiger partial charge in [-0.15, -0.1) is 0 Å². The molecule has 0 aromatic rings. The highest BCUT2D eigenvalue weighted by molar-refractivity contribution is 6.74. The van der Waals surface area contributed by atoms with Crippen molar-refractivity contribution in [3.05, 3.63) is 0 Å². The lowest BCUT2D eigenvalue weighted by atomic mass is 9.82. The van der Waals surface area contributed by atoms with E-state index in [0.717, 1.165) is 32.1 Å². The molecule has 3 nitrogen and oxygen atoms in total. The Morgan fingerprint density at radius 3 is 2.24 bits per heavy atom. The molecule has 0 spiro atoms. The number of rotatable bonds is 6. The van der Waals surface area contributed by atoms with Gasteiger partial charge in [-0.3, -0.25) is 9.59 Å². The normalized spacial score (nSPS) is 23.9. The smallest absolute Gasteiger partial charge is 0.203 e. The van der Waals surface area contributed by atoms with Crippen molar-refractivity contribution < 1.29 is 14.0 Å². The molecule has 0 heterocycles. The molecule has 0 aromatic heterocycles. The molecule has 1 saturated carbocycles. The van der Waals surface area contributed by atoms with Gasteiger partial charge in [0.1, 0.15) is 0 Å². The fraction of sp³-hybridized carbons (Fsp3) is 0.882. The van der Waals surface area contributed by atoms with Gasteiger partial charge in [-0.2, -0.15) is 0 Å². The van der Waals surface area contributed by atoms with Crippen LogP contribution in [-0.4, -0.2) is 26.0 Å². The second-order valence-corrected chi connectivity index (χ2v) is 12.6. The average molecular weight is 313 g/mol. The van der Waals surface area contributed by atoms with Crippen LogP contribution in [0.4, 0.5) is 0 Å². The van der Waals surface area contributed by atoms with E-state index in [0.29, 0.717) is 6.42 Å². The number of ketones is 2. The Morgan fingerprint density at radius 2 is 1.71 bits per heavy atom. The monoisotopic (exact) mass is 312 g/mol. The van der Waals surface area contributed by atoms with Gasteiger partial charge in [0.25, 0.3) is 0 Å². The van der Waals surface area contributed by atoms with Crippen molar-refractivity contribution in [1.82, 2.24) is 0 Å². The molecule has 1 fully saturated rings. The van der Waals surface area contributed by atoms with E-state index >= 15 is 0 Å². The summed E-state index contributed by atoms with van der Waals surface area (Å²) >= 11 is 0. The van der Waals surface area contributed by atoms with Crippen molar-refractivity contribution in [3.8, 4) is 0 Å². The molecule has 0 radical (unpaired) electrons. The highest BCUT2D eigenvalue weighted by Gasteiger charge is 2.43. The van der Waals surface area contributed by atoms with Gasteiger partial charge in [0.05, 0.1) is 12.0 Å². The molecule has 4 heteroatoms. The molecule has 0 aliphatic heterocycles. The molecule has 0 amide bonds. The highest BCUT2D eigenvalue weighted by Crippen LogP contribution is 2.40. The molecule has 0 saturated heterocycles. The summed E-state index contributed by atoms with van der Waals surface area (Å²) in [5.74, 6) is -0.583. The summed E-state index contributed by atoms with van der Waals surface area (Å²) in [5, 5.41) is 0.130. The summed E-state index contributed by atoms with van der Waals surface area (Å²) in [4.78, 5) is 24.4. The zero-order valence-electron chi connectivity index (χ0n) is 14.6. The molecule has 21 heavy (non-hydrogen) atoms. The summed E-state index contributed by atoms with van der Waals surface area (Å²) in [7, 11) is -1.90. The maximum absolute atomic E-state index is 12.4. The summed E-state index contributed by atoms with van der Waals surface area (Å²) in [6.45, 7) is 13.0. The number of Topliss-reactive ketones (excluding diaryl/α,β-unsaturated/α-hetero) is 2. The second kappa shape index (κ2) is 7.19. The van der Waals surface area contributed by atoms with Gasteiger partial charge in [0, 0.05) is 6.42 Å². The predicted molar refractivity (Wildman–Crippen MR) is 89.0 cm³/mol. The Balaban J connectivity index is 2.83. The van der Waals surface area contributed by atoms with Gasteiger partial charge >= 0.3 is 0 Å². The van der Waals surface area contributed by atoms with Crippen LogP contribution >= 0.6 is 0 Å². The van der Waals surface area contributed by atoms with E-state index in [1.165, 1.54) is 0 Å². The predicted octanol–water partition coefficient (Wildman–Crippen LogP) is 4.51. The van der Waals surface area contributed by atoms with Crippen molar-refractivity contribution in [3.63, 3.8) is 0 Å². The third kappa shape index (κ3) is 4.75. The molecule has 0 N–H and O–H groups in total. The van der Waals surface area contributed by atoms with Crippen molar-refractivity contribution in [1.29, 1.82) is 0 Å². The van der Waals surface area contributed by atoms with Crippen LogP contribution in [-0.2, 0) is 14.0 Å². The van der Waals surface area contributed by atoms with Crippen LogP contribution in [0, 0.1) is 5.92 Å². The molecule has 0 unspecified atom stereocenters. The first-order chi connectivity index (χ1) is 9.60. The third-order valence-electron chi connectivity index (χ3n) is 5.04. The average Bonchev–Trinajstić information content (AvgIpc) is 2.37. The van der Waals surface area contributed by atoms with Gasteiger partial charge < -0.3 is 4.43 Å². The van der Waals surface area contributed by atoms with Gasteiger partial charge in [-0.05, 0) is 37.4 Å². The quantitative estimate of drug-likeness (QED) is 0.535. The van der Waals surface area contributed by atoms with E-state index in [9.17, 15) is 9.59 Å². The molecule has 2 atom stereocenters. The van der Waals surface area contributed by atoms with Crippen LogP contribution < -0.4 is 0 Å². The summed E-state index contributed by atoms with van der Waals surface area (Å²) < 4.78 is 6.47. The maximum Gasteiger partial charge on any atom is 0.203 e. The Bertz CT molecular complexity index is 382. The Hall–Kier alpha value is -0.483. The van der Waals surface area contributed by atoms with Crippen LogP contribution in [0.2, 0.25) is 18.1 Å². The van der Waals surface area contributed by atoms with E-state index in [1.807, 2.05) is 6.92 Å². The largest absolute Gasteiger partial charge is 0.413 e. The Kier molecular flexibility index (Phi) is 6.35. The van der Waals surface area contributed by atoms with Crippen LogP contribution in [0.3, 0.4) is 0 Å². The lowest BCUT2D eigenvalue weighted by molar-refractivity contribution is -0.142. The Morgan fingerprint density at radius 1 is 1.14 bits per heavy atom. The summed E-state index contributed by atoms with van der Waals surface area (Å²) in [6, 6.07) is 0. The van der Waals surface area contributed by atoms with Crippen LogP contribution in [0.1, 0.15) is 66.2 Å². The van der Waals surface area contributed by atoms with Crippen LogP contribution in [0.15, 0.2) is 0 Å². The first-order valence-electron chi connectivity index (χ1n) is 8.35. The van der Waals surface area contributed by atoms with E-state index in [1.54, 1.807) is 0 Å². The van der Waals surface area contributed by atoms with E-state index < -0.39 is 8.32 Å². The van der Waals surface area contributed by atoms with Gasteiger partial charge in [0.2, 0.25) is 5.78 Å². The summed E-state index contributed by atoms with van der Waals surface area (Å²) in [5.41, 5.74) is 0. The van der Waals surface area contributed by atoms with Crippen LogP contribution in [0.25, 0.3) is 0 Å². The molecule has 1 rings (SSSR count). The zero-order valence-corrected chi connectivity index (χ0v) is 15.6. The van der Waals surface area contributed by atoms with Gasteiger partial charge in [-0.25, -0.2) is 0 Å². The second-order valence-electron chi connectivity index (χ2n) is 7.84. The van der Waals surface area contributed by atoms with Crippen molar-refractivity contribution >= 4 is 19.9 Å². The Labute approximate surface area is 131 Å². The molecular formula is C17H32O3Si. The molecule has 0 aromatic carbocycles. The van der Waals surface area contributed by atoms with Crippen molar-refractivity contribution in [2.24, 2.45) is 5.92 Å². The fourth-order valence-electron chi connectivity index (χ4n) is 2.65. The first-order valence-corrected chi connectivity index (χ1v) is 11.3. The van der Waals surface area contributed by atoms with E-state index in [-0.39, 0.29) is 28.6 Å². The molecule has 1 aliphatic carbocycles. The fourth-order valence-corrected chi connectivity index (χ4v) is 4.04. The topological polar surface area (TPSA) is 43.4 Å². The number of hydrogen-bond donors (Lipinski definition) is 0. The third-order valence-corrected chi connectivity index (χ3v) is 9.55. The standard InChI is InChI=1S/C17H32O3Si/c1-7-10-14(18)16(19)13-11-8-9-12-15(13)20-21(5,6)17(2,3)4/h13,15H,7-12H2,1-6H3/t13-,15-/m0/s1. The molecule has 0 bridgehead atoms. The first kappa shape index (κ1) is 18.6. The van der Waals surface area contributed by atoms with E-state index in [2.05, 4.69) is 33.9 Å². The van der Waals surface area contributed by atoms with Gasteiger partial charge in [-0.1, -0.05) is 40.5 Å². The van der Waals surface area contributed by atoms with Crippen molar-refractivity contribution in [2.45, 2.75) is 90.5 Å². The summed E-state index contributed by atoms with van der Waals surface area (Å²) in [6.07, 6.45) is 4.94. The zero-order chi connectivity index (χ0) is 16.3. The SMILES string of the molecule is CCCC(=O)C(=O)[C@H]1CCCC[C@@H]1O[Si](C)(C)C(C)(C)C. The maximum atomic E-state index is 12.4. The minimum absolute atomic E-state index is 0.0482. The number of carbonyl (C=O) groups excluding carboxylic acids is 2. The van der Waals surface area contributed by atoms with Gasteiger partial charge in [0.15, 0.2) is 14.1 Å². The minimum Gasteiger partial charge on any atom is -0.413 e.